The van der Waals surface area contributed by atoms with Crippen LogP contribution in [0.5, 0.6) is 0 Å². The molecule has 1 aliphatic carbocycles. The molecular weight excluding hydrogens is 407 g/mol. The summed E-state index contributed by atoms with van der Waals surface area (Å²) in [4.78, 5) is 14.1. The van der Waals surface area contributed by atoms with E-state index in [4.69, 9.17) is 5.73 Å². The number of amides is 1. The molecule has 0 spiro atoms. The maximum atomic E-state index is 13.7. The van der Waals surface area contributed by atoms with E-state index in [-0.39, 0.29) is 36.4 Å². The minimum absolute atomic E-state index is 0.00992. The first-order valence-electron chi connectivity index (χ1n) is 11.2. The first-order chi connectivity index (χ1) is 15.2. The number of allylic oxidation sites excluding steroid dienone is 3. The number of nitrogens with two attached hydrogens (primary N) is 1. The third kappa shape index (κ3) is 5.14. The zero-order valence-electron chi connectivity index (χ0n) is 19.3. The number of hydrogen-bond acceptors (Lipinski definition) is 6. The van der Waals surface area contributed by atoms with Crippen molar-refractivity contribution < 1.29 is 9.18 Å². The molecule has 32 heavy (non-hydrogen) atoms. The summed E-state index contributed by atoms with van der Waals surface area (Å²) in [5, 5.41) is 25.3. The van der Waals surface area contributed by atoms with E-state index < -0.39 is 12.2 Å². The topological polar surface area (TPSA) is 118 Å². The van der Waals surface area contributed by atoms with Gasteiger partial charge in [-0.1, -0.05) is 27.4 Å². The molecule has 1 saturated heterocycles. The molecule has 4 atom stereocenters. The van der Waals surface area contributed by atoms with Gasteiger partial charge in [-0.2, -0.15) is 10.5 Å². The van der Waals surface area contributed by atoms with Gasteiger partial charge < -0.3 is 21.3 Å². The molecule has 0 aromatic carbocycles. The fourth-order valence-corrected chi connectivity index (χ4v) is 5.15. The van der Waals surface area contributed by atoms with Crippen molar-refractivity contribution in [1.29, 1.82) is 10.5 Å². The van der Waals surface area contributed by atoms with Crippen molar-refractivity contribution in [3.63, 3.8) is 0 Å². The number of likely N-dealkylation sites (tertiary alicyclic amines) is 1. The van der Waals surface area contributed by atoms with Crippen LogP contribution in [0.25, 0.3) is 0 Å². The van der Waals surface area contributed by atoms with Crippen LogP contribution in [0.2, 0.25) is 0 Å². The summed E-state index contributed by atoms with van der Waals surface area (Å²) in [7, 11) is 0. The summed E-state index contributed by atoms with van der Waals surface area (Å²) in [6, 6.07) is 3.47. The van der Waals surface area contributed by atoms with E-state index in [0.717, 1.165) is 19.3 Å². The molecule has 4 N–H and O–H groups in total. The largest absolute Gasteiger partial charge is 0.405 e. The van der Waals surface area contributed by atoms with Crippen molar-refractivity contribution in [2.45, 2.75) is 64.2 Å². The molecule has 0 radical (unpaired) electrons. The first kappa shape index (κ1) is 25.4. The van der Waals surface area contributed by atoms with Crippen LogP contribution in [0.15, 0.2) is 36.2 Å². The van der Waals surface area contributed by atoms with Gasteiger partial charge in [0.05, 0.1) is 24.7 Å². The Kier molecular flexibility index (Phi) is 8.46. The van der Waals surface area contributed by atoms with Gasteiger partial charge >= 0.3 is 0 Å². The Morgan fingerprint density at radius 2 is 2.12 bits per heavy atom. The molecule has 174 valence electrons. The second-order valence-electron chi connectivity index (χ2n) is 9.21. The summed E-state index contributed by atoms with van der Waals surface area (Å²) in [6.07, 6.45) is 6.21. The van der Waals surface area contributed by atoms with Crippen LogP contribution in [0, 0.1) is 34.0 Å². The highest BCUT2D eigenvalue weighted by atomic mass is 19.1. The summed E-state index contributed by atoms with van der Waals surface area (Å²) in [5.74, 6) is 0.0627. The third-order valence-electron chi connectivity index (χ3n) is 7.46. The average molecular weight is 443 g/mol. The van der Waals surface area contributed by atoms with Crippen LogP contribution in [-0.4, -0.2) is 48.2 Å². The number of nitriles is 2. The normalized spacial score (nSPS) is 29.6. The smallest absolute Gasteiger partial charge is 0.237 e. The van der Waals surface area contributed by atoms with E-state index >= 15 is 0 Å². The highest BCUT2D eigenvalue weighted by Crippen LogP contribution is 2.51. The second kappa shape index (κ2) is 10.7. The molecule has 1 heterocycles. The van der Waals surface area contributed by atoms with Crippen molar-refractivity contribution in [2.75, 3.05) is 19.6 Å². The van der Waals surface area contributed by atoms with Gasteiger partial charge in [-0.05, 0) is 48.9 Å². The van der Waals surface area contributed by atoms with Crippen molar-refractivity contribution in [2.24, 2.45) is 17.1 Å². The minimum atomic E-state index is -1.14. The lowest BCUT2D eigenvalue weighted by molar-refractivity contribution is -0.131. The standard InChI is InChI=1S/C24H35FN6O/c1-5-24(30-15-22(32)31-16-20(25)11-21(31)13-28)9-8-19(23(24,3)4)14-29-17(2)18(12-27)7-6-10-26/h6-7,10,19-21,29-30H,2,5,8-9,11,14-16,26H2,1,3-4H3/b10-6-,18-7-/t19-,20+,21+,24-/m1/s1. The molecule has 7 nitrogen and oxygen atoms in total. The maximum Gasteiger partial charge on any atom is 0.237 e. The lowest BCUT2D eigenvalue weighted by Crippen LogP contribution is -2.57. The summed E-state index contributed by atoms with van der Waals surface area (Å²) < 4.78 is 13.7. The van der Waals surface area contributed by atoms with E-state index in [0.29, 0.717) is 23.7 Å². The molecule has 0 aromatic rings. The van der Waals surface area contributed by atoms with E-state index in [9.17, 15) is 19.7 Å². The number of carbonyl (C=O) groups is 1. The molecule has 0 aromatic heterocycles. The third-order valence-corrected chi connectivity index (χ3v) is 7.46. The number of alkyl halides is 1. The van der Waals surface area contributed by atoms with Crippen molar-refractivity contribution >= 4 is 5.91 Å². The van der Waals surface area contributed by atoms with Gasteiger partial charge in [-0.15, -0.1) is 0 Å². The van der Waals surface area contributed by atoms with E-state index in [1.165, 1.54) is 11.1 Å². The maximum absolute atomic E-state index is 13.7. The monoisotopic (exact) mass is 442 g/mol. The van der Waals surface area contributed by atoms with E-state index in [1.54, 1.807) is 12.2 Å². The number of hydrogen-bond donors (Lipinski definition) is 3. The SMILES string of the molecule is C=C(NC[C@H]1CC[C@@](CC)(NCC(=O)N2C[C@@H](F)C[C@H]2C#N)C1(C)C)/C(C#N)=C\C=C/N. The van der Waals surface area contributed by atoms with Crippen molar-refractivity contribution in [1.82, 2.24) is 15.5 Å². The number of rotatable bonds is 9. The summed E-state index contributed by atoms with van der Waals surface area (Å²) in [5.41, 5.74) is 5.92. The highest BCUT2D eigenvalue weighted by Gasteiger charge is 2.53. The molecule has 8 heteroatoms. The van der Waals surface area contributed by atoms with Crippen LogP contribution in [0.1, 0.15) is 46.5 Å². The van der Waals surface area contributed by atoms with Crippen LogP contribution in [-0.2, 0) is 4.79 Å². The number of halogens is 1. The van der Waals surface area contributed by atoms with E-state index in [1.807, 2.05) is 6.07 Å². The molecular formula is C24H35FN6O. The van der Waals surface area contributed by atoms with Gasteiger partial charge in [0.15, 0.2) is 0 Å². The second-order valence-corrected chi connectivity index (χ2v) is 9.21. The van der Waals surface area contributed by atoms with Crippen molar-refractivity contribution in [3.05, 3.63) is 36.2 Å². The van der Waals surface area contributed by atoms with Gasteiger partial charge in [0.25, 0.3) is 0 Å². The lowest BCUT2D eigenvalue weighted by Gasteiger charge is -2.45. The fourth-order valence-electron chi connectivity index (χ4n) is 5.15. The predicted octanol–water partition coefficient (Wildman–Crippen LogP) is 2.65. The zero-order chi connectivity index (χ0) is 23.9. The van der Waals surface area contributed by atoms with Gasteiger partial charge in [-0.3, -0.25) is 4.79 Å². The van der Waals surface area contributed by atoms with E-state index in [2.05, 4.69) is 44.1 Å². The molecule has 1 saturated carbocycles. The molecule has 0 unspecified atom stereocenters. The Hall–Kier alpha value is -2.84. The molecule has 2 rings (SSSR count). The summed E-state index contributed by atoms with van der Waals surface area (Å²) in [6.45, 7) is 11.2. The average Bonchev–Trinajstić information content (AvgIpc) is 3.27. The minimum Gasteiger partial charge on any atom is -0.405 e. The Morgan fingerprint density at radius 1 is 1.41 bits per heavy atom. The predicted molar refractivity (Wildman–Crippen MR) is 122 cm³/mol. The van der Waals surface area contributed by atoms with Crippen LogP contribution in [0.4, 0.5) is 4.39 Å². The van der Waals surface area contributed by atoms with Crippen molar-refractivity contribution in [3.8, 4) is 12.1 Å². The fraction of sp³-hybridized carbons (Fsp3) is 0.625. The first-order valence-corrected chi connectivity index (χ1v) is 11.2. The summed E-state index contributed by atoms with van der Waals surface area (Å²) >= 11 is 0. The Morgan fingerprint density at radius 3 is 2.72 bits per heavy atom. The molecule has 0 bridgehead atoms. The molecule has 2 aliphatic rings. The number of carbonyl (C=O) groups excluding carboxylic acids is 1. The van der Waals surface area contributed by atoms with Gasteiger partial charge in [0.1, 0.15) is 18.3 Å². The van der Waals surface area contributed by atoms with Crippen LogP contribution < -0.4 is 16.4 Å². The lowest BCUT2D eigenvalue weighted by atomic mass is 9.69. The molecule has 1 amide bonds. The Labute approximate surface area is 190 Å². The van der Waals surface area contributed by atoms with Gasteiger partial charge in [0, 0.05) is 24.2 Å². The Bertz CT molecular complexity index is 852. The quantitative estimate of drug-likeness (QED) is 0.373. The molecule has 1 aliphatic heterocycles. The number of nitrogens with one attached hydrogen (secondary N) is 2. The highest BCUT2D eigenvalue weighted by molar-refractivity contribution is 5.79. The molecule has 2 fully saturated rings. The van der Waals surface area contributed by atoms with Crippen LogP contribution >= 0.6 is 0 Å². The Balaban J connectivity index is 2.03. The zero-order valence-corrected chi connectivity index (χ0v) is 19.3. The number of nitrogens with zero attached hydrogens (tertiary/aromatic N) is 3. The van der Waals surface area contributed by atoms with Gasteiger partial charge in [-0.25, -0.2) is 4.39 Å². The van der Waals surface area contributed by atoms with Crippen LogP contribution in [0.3, 0.4) is 0 Å². The van der Waals surface area contributed by atoms with Gasteiger partial charge in [0.2, 0.25) is 5.91 Å².